The van der Waals surface area contributed by atoms with Crippen molar-refractivity contribution < 1.29 is 19.2 Å². The molecule has 2 aromatic rings. The van der Waals surface area contributed by atoms with Gasteiger partial charge in [0.1, 0.15) is 0 Å². The highest BCUT2D eigenvalue weighted by atomic mass is 16.7. The van der Waals surface area contributed by atoms with E-state index in [1.54, 1.807) is 0 Å². The van der Waals surface area contributed by atoms with Crippen molar-refractivity contribution in [1.29, 1.82) is 0 Å². The van der Waals surface area contributed by atoms with E-state index in [0.717, 1.165) is 11.1 Å². The lowest BCUT2D eigenvalue weighted by Gasteiger charge is -2.08. The van der Waals surface area contributed by atoms with Gasteiger partial charge >= 0.3 is 0 Å². The fraction of sp³-hybridized carbons (Fsp3) is 0.188. The van der Waals surface area contributed by atoms with Crippen LogP contribution in [0, 0.1) is 17.0 Å². The van der Waals surface area contributed by atoms with Crippen LogP contribution in [0.15, 0.2) is 41.4 Å². The Balaban J connectivity index is 1.75. The Morgan fingerprint density at radius 1 is 1.25 bits per heavy atom. The number of aliphatic imine (C=N–C) groups is 1. The molecule has 8 heteroatoms. The molecule has 0 fully saturated rings. The highest BCUT2D eigenvalue weighted by molar-refractivity contribution is 6.00. The normalized spacial score (nSPS) is 18.2. The number of aryl methyl sites for hydroxylation is 1. The quantitative estimate of drug-likeness (QED) is 0.688. The molecule has 122 valence electrons. The van der Waals surface area contributed by atoms with E-state index in [2.05, 4.69) is 10.5 Å². The van der Waals surface area contributed by atoms with E-state index in [1.165, 1.54) is 12.1 Å². The molecule has 2 aliphatic heterocycles. The number of benzene rings is 2. The molecular formula is C16H13N3O5. The number of hydrogen-bond acceptors (Lipinski definition) is 7. The van der Waals surface area contributed by atoms with Gasteiger partial charge < -0.3 is 9.47 Å². The van der Waals surface area contributed by atoms with Gasteiger partial charge in [0, 0.05) is 5.56 Å². The van der Waals surface area contributed by atoms with Gasteiger partial charge in [-0.3, -0.25) is 10.1 Å². The maximum absolute atomic E-state index is 11.4. The van der Waals surface area contributed by atoms with E-state index in [1.807, 2.05) is 31.2 Å². The summed E-state index contributed by atoms with van der Waals surface area (Å²) in [7, 11) is 0. The molecule has 0 spiro atoms. The fourth-order valence-corrected chi connectivity index (χ4v) is 2.68. The fourth-order valence-electron chi connectivity index (χ4n) is 2.68. The monoisotopic (exact) mass is 327 g/mol. The lowest BCUT2D eigenvalue weighted by molar-refractivity contribution is -0.386. The zero-order valence-electron chi connectivity index (χ0n) is 12.7. The number of nitro benzene ring substituents is 1. The molecule has 0 amide bonds. The predicted molar refractivity (Wildman–Crippen MR) is 83.9 cm³/mol. The first-order valence-corrected chi connectivity index (χ1v) is 7.27. The van der Waals surface area contributed by atoms with Gasteiger partial charge in [-0.05, 0) is 18.6 Å². The molecule has 1 unspecified atom stereocenters. The van der Waals surface area contributed by atoms with Crippen molar-refractivity contribution in [2.24, 2.45) is 4.99 Å². The van der Waals surface area contributed by atoms with E-state index in [9.17, 15) is 10.1 Å². The summed E-state index contributed by atoms with van der Waals surface area (Å²) in [6.07, 6.45) is -0.838. The van der Waals surface area contributed by atoms with Crippen LogP contribution in [-0.4, -0.2) is 17.6 Å². The first-order valence-electron chi connectivity index (χ1n) is 7.27. The molecule has 1 N–H and O–H groups in total. The third-order valence-electron chi connectivity index (χ3n) is 3.90. The van der Waals surface area contributed by atoms with Crippen LogP contribution >= 0.6 is 0 Å². The molecule has 1 atom stereocenters. The second-order valence-corrected chi connectivity index (χ2v) is 5.39. The van der Waals surface area contributed by atoms with Gasteiger partial charge in [0.05, 0.1) is 16.6 Å². The summed E-state index contributed by atoms with van der Waals surface area (Å²) in [4.78, 5) is 20.8. The van der Waals surface area contributed by atoms with E-state index in [4.69, 9.17) is 14.3 Å². The summed E-state index contributed by atoms with van der Waals surface area (Å²) in [5, 5.41) is 11.4. The van der Waals surface area contributed by atoms with Crippen molar-refractivity contribution >= 4 is 11.5 Å². The zero-order valence-corrected chi connectivity index (χ0v) is 12.7. The van der Waals surface area contributed by atoms with Crippen molar-refractivity contribution in [2.45, 2.75) is 13.2 Å². The first kappa shape index (κ1) is 14.5. The molecule has 2 aliphatic rings. The van der Waals surface area contributed by atoms with Gasteiger partial charge in [-0.15, -0.1) is 0 Å². The molecule has 2 heterocycles. The van der Waals surface area contributed by atoms with Crippen molar-refractivity contribution in [3.8, 4) is 11.5 Å². The number of fused-ring (bicyclic) bond motifs is 1. The standard InChI is InChI=1S/C16H13N3O5/c1-9-4-2-3-5-10(9)15-17-16(24-18-15)11-6-13-14(23-8-22-13)7-12(11)19(20)21/h2-7,16H,8H2,1H3,(H,17,18). The van der Waals surface area contributed by atoms with E-state index >= 15 is 0 Å². The number of nitro groups is 1. The summed E-state index contributed by atoms with van der Waals surface area (Å²) in [5.41, 5.74) is 4.83. The largest absolute Gasteiger partial charge is 0.454 e. The number of nitrogens with one attached hydrogen (secondary N) is 1. The van der Waals surface area contributed by atoms with Gasteiger partial charge in [-0.25, -0.2) is 15.3 Å². The maximum Gasteiger partial charge on any atom is 0.281 e. The number of hydrogen-bond donors (Lipinski definition) is 1. The Kier molecular flexibility index (Phi) is 3.31. The third kappa shape index (κ3) is 2.33. The molecular weight excluding hydrogens is 314 g/mol. The first-order chi connectivity index (χ1) is 11.6. The topological polar surface area (TPSA) is 95.2 Å². The zero-order chi connectivity index (χ0) is 16.7. The van der Waals surface area contributed by atoms with Crippen LogP contribution in [0.25, 0.3) is 0 Å². The van der Waals surface area contributed by atoms with Crippen LogP contribution in [-0.2, 0) is 4.84 Å². The van der Waals surface area contributed by atoms with Crippen LogP contribution in [0.4, 0.5) is 5.69 Å². The Bertz CT molecular complexity index is 865. The number of rotatable bonds is 3. The number of nitrogens with zero attached hydrogens (tertiary/aromatic N) is 2. The highest BCUT2D eigenvalue weighted by Crippen LogP contribution is 2.41. The summed E-state index contributed by atoms with van der Waals surface area (Å²) in [6.45, 7) is 1.99. The minimum Gasteiger partial charge on any atom is -0.454 e. The van der Waals surface area contributed by atoms with E-state index < -0.39 is 11.2 Å². The van der Waals surface area contributed by atoms with Crippen molar-refractivity contribution in [2.75, 3.05) is 6.79 Å². The van der Waals surface area contributed by atoms with Crippen LogP contribution in [0.3, 0.4) is 0 Å². The third-order valence-corrected chi connectivity index (χ3v) is 3.90. The Morgan fingerprint density at radius 2 is 2.00 bits per heavy atom. The molecule has 0 saturated carbocycles. The number of hydroxylamine groups is 1. The minimum atomic E-state index is -0.838. The van der Waals surface area contributed by atoms with Crippen LogP contribution in [0.5, 0.6) is 11.5 Å². The average molecular weight is 327 g/mol. The SMILES string of the molecule is Cc1ccccc1C1=NC(c2cc3c(cc2[N+](=O)[O-])OCO3)ON1. The maximum atomic E-state index is 11.4. The van der Waals surface area contributed by atoms with E-state index in [-0.39, 0.29) is 12.5 Å². The molecule has 2 aromatic carbocycles. The molecule has 0 radical (unpaired) electrons. The molecule has 0 bridgehead atoms. The van der Waals surface area contributed by atoms with Crippen molar-refractivity contribution in [3.05, 3.63) is 63.2 Å². The van der Waals surface area contributed by atoms with Crippen LogP contribution in [0.1, 0.15) is 22.9 Å². The van der Waals surface area contributed by atoms with E-state index in [0.29, 0.717) is 22.9 Å². The molecule has 0 saturated heterocycles. The Hall–Kier alpha value is -3.13. The lowest BCUT2D eigenvalue weighted by atomic mass is 10.1. The smallest absolute Gasteiger partial charge is 0.281 e. The second kappa shape index (κ2) is 5.50. The summed E-state index contributed by atoms with van der Waals surface area (Å²) < 4.78 is 10.5. The van der Waals surface area contributed by atoms with Gasteiger partial charge in [0.2, 0.25) is 13.0 Å². The Labute approximate surface area is 136 Å². The van der Waals surface area contributed by atoms with Gasteiger partial charge in [-0.2, -0.15) is 0 Å². The number of amidine groups is 1. The summed E-state index contributed by atoms with van der Waals surface area (Å²) in [5.74, 6) is 1.32. The molecule has 0 aromatic heterocycles. The molecule has 0 aliphatic carbocycles. The van der Waals surface area contributed by atoms with Crippen molar-refractivity contribution in [1.82, 2.24) is 5.48 Å². The summed E-state index contributed by atoms with van der Waals surface area (Å²) in [6, 6.07) is 10.6. The molecule has 8 nitrogen and oxygen atoms in total. The second-order valence-electron chi connectivity index (χ2n) is 5.39. The van der Waals surface area contributed by atoms with Gasteiger partial charge in [0.15, 0.2) is 17.3 Å². The predicted octanol–water partition coefficient (Wildman–Crippen LogP) is 2.61. The molecule has 24 heavy (non-hydrogen) atoms. The number of ether oxygens (including phenoxy) is 2. The summed E-state index contributed by atoms with van der Waals surface area (Å²) >= 11 is 0. The minimum absolute atomic E-state index is 0.0391. The van der Waals surface area contributed by atoms with Gasteiger partial charge in [-0.1, -0.05) is 24.3 Å². The van der Waals surface area contributed by atoms with Crippen LogP contribution < -0.4 is 15.0 Å². The highest BCUT2D eigenvalue weighted by Gasteiger charge is 2.32. The lowest BCUT2D eigenvalue weighted by Crippen LogP contribution is -2.19. The Morgan fingerprint density at radius 3 is 2.75 bits per heavy atom. The van der Waals surface area contributed by atoms with Crippen molar-refractivity contribution in [3.63, 3.8) is 0 Å². The average Bonchev–Trinajstić information content (AvgIpc) is 3.22. The molecule has 4 rings (SSSR count). The van der Waals surface area contributed by atoms with Gasteiger partial charge in [0.25, 0.3) is 5.69 Å². The van der Waals surface area contributed by atoms with Crippen LogP contribution in [0.2, 0.25) is 0 Å².